The van der Waals surface area contributed by atoms with Gasteiger partial charge in [0.05, 0.1) is 16.1 Å². The maximum atomic E-state index is 6.43. The molecule has 2 atom stereocenters. The molecule has 4 heteroatoms. The minimum absolute atomic E-state index is 0.209. The third-order valence-electron chi connectivity index (χ3n) is 6.86. The Morgan fingerprint density at radius 1 is 0.774 bits per heavy atom. The van der Waals surface area contributed by atoms with E-state index in [0.717, 1.165) is 18.7 Å². The molecule has 3 aromatic carbocycles. The molecular weight excluding hydrogens is 423 g/mol. The van der Waals surface area contributed by atoms with E-state index in [0.29, 0.717) is 22.0 Å². The zero-order chi connectivity index (χ0) is 21.2. The third kappa shape index (κ3) is 4.17. The van der Waals surface area contributed by atoms with E-state index in [4.69, 9.17) is 28.2 Å². The summed E-state index contributed by atoms with van der Waals surface area (Å²) < 4.78 is 0. The summed E-state index contributed by atoms with van der Waals surface area (Å²) in [6, 6.07) is 27.9. The average molecular weight is 449 g/mol. The zero-order valence-electron chi connectivity index (χ0n) is 17.4. The van der Waals surface area contributed by atoms with E-state index in [1.807, 2.05) is 24.4 Å². The fourth-order valence-corrected chi connectivity index (χ4v) is 5.87. The molecule has 0 radical (unpaired) electrons. The molecule has 2 bridgehead atoms. The summed E-state index contributed by atoms with van der Waals surface area (Å²) in [7, 11) is 0. The summed E-state index contributed by atoms with van der Waals surface area (Å²) in [5.74, 6) is 0.858. The van der Waals surface area contributed by atoms with Gasteiger partial charge >= 0.3 is 0 Å². The van der Waals surface area contributed by atoms with Crippen molar-refractivity contribution < 1.29 is 0 Å². The summed E-state index contributed by atoms with van der Waals surface area (Å²) in [4.78, 5) is 7.83. The number of piperidine rings is 3. The third-order valence-corrected chi connectivity index (χ3v) is 7.52. The number of benzene rings is 3. The zero-order valence-corrected chi connectivity index (χ0v) is 18.9. The minimum Gasteiger partial charge on any atom is -0.297 e. The van der Waals surface area contributed by atoms with Gasteiger partial charge in [0.25, 0.3) is 0 Å². The van der Waals surface area contributed by atoms with Crippen molar-refractivity contribution in [2.45, 2.75) is 30.8 Å². The van der Waals surface area contributed by atoms with E-state index in [1.165, 1.54) is 24.0 Å². The number of hydrogen-bond donors (Lipinski definition) is 0. The van der Waals surface area contributed by atoms with Gasteiger partial charge in [0.1, 0.15) is 0 Å². The van der Waals surface area contributed by atoms with Gasteiger partial charge in [-0.3, -0.25) is 9.89 Å². The molecule has 158 valence electrons. The Kier molecular flexibility index (Phi) is 6.13. The van der Waals surface area contributed by atoms with Crippen LogP contribution in [0.15, 0.2) is 83.9 Å². The summed E-state index contributed by atoms with van der Waals surface area (Å²) >= 11 is 12.9. The SMILES string of the molecule is Clc1cccc(Cl)c1/C=N\C1C2CCN(CC2)C1C(c1ccccc1)c1ccccc1. The minimum atomic E-state index is 0.209. The molecule has 3 saturated heterocycles. The highest BCUT2D eigenvalue weighted by atomic mass is 35.5. The Hall–Kier alpha value is -2.13. The van der Waals surface area contributed by atoms with Crippen LogP contribution in [0, 0.1) is 5.92 Å². The van der Waals surface area contributed by atoms with Gasteiger partial charge in [-0.1, -0.05) is 89.9 Å². The number of hydrogen-bond acceptors (Lipinski definition) is 2. The van der Waals surface area contributed by atoms with Crippen molar-refractivity contribution in [3.05, 3.63) is 106 Å². The molecule has 3 aliphatic rings. The van der Waals surface area contributed by atoms with Crippen molar-refractivity contribution in [3.63, 3.8) is 0 Å². The Morgan fingerprint density at radius 3 is 1.87 bits per heavy atom. The second kappa shape index (κ2) is 9.16. The number of halogens is 2. The first kappa shape index (κ1) is 20.8. The molecule has 0 aromatic heterocycles. The molecular formula is C27H26Cl2N2. The Bertz CT molecular complexity index is 984. The second-order valence-electron chi connectivity index (χ2n) is 8.57. The lowest BCUT2D eigenvalue weighted by Crippen LogP contribution is -2.59. The molecule has 3 aliphatic heterocycles. The van der Waals surface area contributed by atoms with Crippen LogP contribution < -0.4 is 0 Å². The summed E-state index contributed by atoms with van der Waals surface area (Å²) in [5.41, 5.74) is 3.52. The van der Waals surface area contributed by atoms with Crippen LogP contribution in [0.4, 0.5) is 0 Å². The first-order chi connectivity index (χ1) is 15.2. The molecule has 2 unspecified atom stereocenters. The lowest BCUT2D eigenvalue weighted by molar-refractivity contribution is 0.0215. The van der Waals surface area contributed by atoms with Crippen LogP contribution >= 0.6 is 23.2 Å². The first-order valence-corrected chi connectivity index (χ1v) is 11.8. The van der Waals surface area contributed by atoms with Crippen molar-refractivity contribution >= 4 is 29.4 Å². The van der Waals surface area contributed by atoms with Gasteiger partial charge in [0.2, 0.25) is 0 Å². The highest BCUT2D eigenvalue weighted by Gasteiger charge is 2.46. The summed E-state index contributed by atoms with van der Waals surface area (Å²) in [6.07, 6.45) is 4.31. The Balaban J connectivity index is 1.58. The maximum Gasteiger partial charge on any atom is 0.0693 e. The van der Waals surface area contributed by atoms with Gasteiger partial charge in [0, 0.05) is 23.7 Å². The number of aliphatic imine (C=N–C) groups is 1. The Morgan fingerprint density at radius 2 is 1.32 bits per heavy atom. The quantitative estimate of drug-likeness (QED) is 0.396. The van der Waals surface area contributed by atoms with Crippen molar-refractivity contribution in [1.82, 2.24) is 4.90 Å². The van der Waals surface area contributed by atoms with Gasteiger partial charge in [-0.15, -0.1) is 0 Å². The van der Waals surface area contributed by atoms with Gasteiger partial charge in [-0.05, 0) is 55.1 Å². The van der Waals surface area contributed by atoms with Gasteiger partial charge in [0.15, 0.2) is 0 Å². The normalized spacial score (nSPS) is 25.4. The van der Waals surface area contributed by atoms with Crippen LogP contribution in [0.5, 0.6) is 0 Å². The van der Waals surface area contributed by atoms with Gasteiger partial charge < -0.3 is 0 Å². The molecule has 2 nitrogen and oxygen atoms in total. The average Bonchev–Trinajstić information content (AvgIpc) is 2.82. The standard InChI is InChI=1S/C27H26Cl2N2/c28-23-12-7-13-24(29)22(23)18-30-26-21-14-16-31(17-15-21)27(26)25(19-8-3-1-4-9-19)20-10-5-2-6-11-20/h1-13,18,21,25-27H,14-17H2/b30-18-. The van der Waals surface area contributed by atoms with Crippen LogP contribution in [0.1, 0.15) is 35.4 Å². The smallest absolute Gasteiger partial charge is 0.0693 e. The summed E-state index contributed by atoms with van der Waals surface area (Å²) in [6.45, 7) is 2.29. The Labute approximate surface area is 194 Å². The van der Waals surface area contributed by atoms with E-state index in [2.05, 4.69) is 65.6 Å². The number of nitrogens with zero attached hydrogens (tertiary/aromatic N) is 2. The second-order valence-corrected chi connectivity index (χ2v) is 9.38. The van der Waals surface area contributed by atoms with Gasteiger partial charge in [-0.2, -0.15) is 0 Å². The maximum absolute atomic E-state index is 6.43. The van der Waals surface area contributed by atoms with E-state index in [1.54, 1.807) is 0 Å². The van der Waals surface area contributed by atoms with E-state index in [-0.39, 0.29) is 12.0 Å². The molecule has 3 heterocycles. The molecule has 3 fully saturated rings. The van der Waals surface area contributed by atoms with Crippen LogP contribution in [0.2, 0.25) is 10.0 Å². The predicted molar refractivity (Wildman–Crippen MR) is 131 cm³/mol. The van der Waals surface area contributed by atoms with Crippen molar-refractivity contribution in [3.8, 4) is 0 Å². The van der Waals surface area contributed by atoms with Crippen molar-refractivity contribution in [2.24, 2.45) is 10.9 Å². The molecule has 31 heavy (non-hydrogen) atoms. The fraction of sp³-hybridized carbons (Fsp3) is 0.296. The number of fused-ring (bicyclic) bond motifs is 3. The van der Waals surface area contributed by atoms with Crippen LogP contribution in [0.25, 0.3) is 0 Å². The monoisotopic (exact) mass is 448 g/mol. The van der Waals surface area contributed by atoms with E-state index in [9.17, 15) is 0 Å². The molecule has 0 aliphatic carbocycles. The molecule has 0 saturated carbocycles. The van der Waals surface area contributed by atoms with Crippen LogP contribution in [-0.4, -0.2) is 36.3 Å². The lowest BCUT2D eigenvalue weighted by Gasteiger charge is -2.52. The topological polar surface area (TPSA) is 15.6 Å². The number of rotatable bonds is 5. The molecule has 0 N–H and O–H groups in total. The highest BCUT2D eigenvalue weighted by molar-refractivity contribution is 6.38. The fourth-order valence-electron chi connectivity index (χ4n) is 5.37. The summed E-state index contributed by atoms with van der Waals surface area (Å²) in [5, 5.41) is 1.30. The van der Waals surface area contributed by atoms with Crippen molar-refractivity contribution in [1.29, 1.82) is 0 Å². The molecule has 3 aromatic rings. The lowest BCUT2D eigenvalue weighted by atomic mass is 9.71. The van der Waals surface area contributed by atoms with Gasteiger partial charge in [-0.25, -0.2) is 0 Å². The van der Waals surface area contributed by atoms with Crippen LogP contribution in [-0.2, 0) is 0 Å². The van der Waals surface area contributed by atoms with Crippen LogP contribution in [0.3, 0.4) is 0 Å². The molecule has 0 spiro atoms. The highest BCUT2D eigenvalue weighted by Crippen LogP contribution is 2.43. The molecule has 0 amide bonds. The van der Waals surface area contributed by atoms with E-state index >= 15 is 0 Å². The molecule has 6 rings (SSSR count). The predicted octanol–water partition coefficient (Wildman–Crippen LogP) is 6.71. The van der Waals surface area contributed by atoms with E-state index < -0.39 is 0 Å². The van der Waals surface area contributed by atoms with Crippen molar-refractivity contribution in [2.75, 3.05) is 13.1 Å². The largest absolute Gasteiger partial charge is 0.297 e. The first-order valence-electron chi connectivity index (χ1n) is 11.0.